The Bertz CT molecular complexity index is 624. The largest absolute Gasteiger partial charge is 0.271 e. The van der Waals surface area contributed by atoms with Gasteiger partial charge >= 0.3 is 0 Å². The van der Waals surface area contributed by atoms with E-state index in [0.29, 0.717) is 11.6 Å². The molecule has 6 heteroatoms. The first-order chi connectivity index (χ1) is 9.45. The Morgan fingerprint density at radius 1 is 1.45 bits per heavy atom. The lowest BCUT2D eigenvalue weighted by Crippen LogP contribution is -2.30. The molecule has 4 nitrogen and oxygen atoms in total. The Labute approximate surface area is 137 Å². The van der Waals surface area contributed by atoms with Crippen molar-refractivity contribution in [1.29, 1.82) is 0 Å². The van der Waals surface area contributed by atoms with Gasteiger partial charge in [-0.25, -0.2) is 0 Å². The van der Waals surface area contributed by atoms with Crippen LogP contribution in [0.5, 0.6) is 0 Å². The molecule has 20 heavy (non-hydrogen) atoms. The minimum atomic E-state index is 0.0159. The summed E-state index contributed by atoms with van der Waals surface area (Å²) in [6.45, 7) is 4.07. The van der Waals surface area contributed by atoms with Gasteiger partial charge in [0.15, 0.2) is 0 Å². The summed E-state index contributed by atoms with van der Waals surface area (Å²) in [5.74, 6) is 5.75. The first-order valence-corrected chi connectivity index (χ1v) is 7.80. The molecule has 0 fully saturated rings. The number of aromatic nitrogens is 2. The smallest absolute Gasteiger partial charge is 0.130 e. The van der Waals surface area contributed by atoms with Crippen LogP contribution in [0.4, 0.5) is 0 Å². The maximum atomic E-state index is 6.30. The third-order valence-electron chi connectivity index (χ3n) is 3.48. The van der Waals surface area contributed by atoms with Crippen LogP contribution in [0.25, 0.3) is 0 Å². The fourth-order valence-corrected chi connectivity index (χ4v) is 3.29. The fourth-order valence-electron chi connectivity index (χ4n) is 2.31. The second-order valence-electron chi connectivity index (χ2n) is 4.88. The summed E-state index contributed by atoms with van der Waals surface area (Å²) < 4.78 is 2.92. The maximum Gasteiger partial charge on any atom is 0.130 e. The normalized spacial score (nSPS) is 12.7. The molecule has 0 radical (unpaired) electrons. The Balaban J connectivity index is 2.36. The number of nitrogens with two attached hydrogens (primary N) is 1. The second-order valence-corrected chi connectivity index (χ2v) is 6.32. The van der Waals surface area contributed by atoms with E-state index in [4.69, 9.17) is 17.4 Å². The van der Waals surface area contributed by atoms with Gasteiger partial charge in [-0.15, -0.1) is 0 Å². The van der Waals surface area contributed by atoms with Crippen molar-refractivity contribution >= 4 is 34.2 Å². The van der Waals surface area contributed by atoms with Gasteiger partial charge in [-0.1, -0.05) is 29.8 Å². The topological polar surface area (TPSA) is 55.9 Å². The number of hydrazine groups is 1. The van der Waals surface area contributed by atoms with Crippen LogP contribution in [-0.4, -0.2) is 9.78 Å². The summed E-state index contributed by atoms with van der Waals surface area (Å²) in [7, 11) is 1.85. The molecule has 0 amide bonds. The van der Waals surface area contributed by atoms with E-state index < -0.39 is 0 Å². The van der Waals surface area contributed by atoms with Crippen LogP contribution in [0.3, 0.4) is 0 Å². The molecular formula is C14H18ClIN4. The van der Waals surface area contributed by atoms with Crippen LogP contribution in [0.15, 0.2) is 18.2 Å². The van der Waals surface area contributed by atoms with Crippen molar-refractivity contribution in [3.05, 3.63) is 49.3 Å². The van der Waals surface area contributed by atoms with Crippen molar-refractivity contribution in [1.82, 2.24) is 15.2 Å². The Morgan fingerprint density at radius 3 is 2.70 bits per heavy atom. The zero-order valence-corrected chi connectivity index (χ0v) is 14.7. The average molecular weight is 405 g/mol. The molecule has 1 aromatic carbocycles. The van der Waals surface area contributed by atoms with Gasteiger partial charge in [0.25, 0.3) is 0 Å². The molecule has 2 rings (SSSR count). The molecule has 108 valence electrons. The van der Waals surface area contributed by atoms with E-state index in [1.165, 1.54) is 14.7 Å². The molecule has 0 saturated carbocycles. The molecule has 0 saturated heterocycles. The van der Waals surface area contributed by atoms with Gasteiger partial charge in [0.2, 0.25) is 0 Å². The highest BCUT2D eigenvalue weighted by molar-refractivity contribution is 14.1. The fraction of sp³-hybridized carbons (Fsp3) is 0.357. The van der Waals surface area contributed by atoms with Crippen molar-refractivity contribution in [2.24, 2.45) is 12.9 Å². The van der Waals surface area contributed by atoms with E-state index >= 15 is 0 Å². The van der Waals surface area contributed by atoms with Gasteiger partial charge in [0.05, 0.1) is 11.7 Å². The van der Waals surface area contributed by atoms with Crippen LogP contribution in [0.1, 0.15) is 28.4 Å². The molecule has 0 spiro atoms. The molecule has 3 N–H and O–H groups in total. The van der Waals surface area contributed by atoms with Gasteiger partial charge in [-0.2, -0.15) is 5.10 Å². The molecule has 0 aliphatic rings. The standard InChI is InChI=1S/C14H18ClIN4/c1-8-5-4-6-10(13(8)16)12(18-17)7-11-9(2)19-20(3)14(11)15/h4-6,12,18H,7,17H2,1-3H3. The second kappa shape index (κ2) is 6.43. The summed E-state index contributed by atoms with van der Waals surface area (Å²) >= 11 is 8.66. The highest BCUT2D eigenvalue weighted by Gasteiger charge is 2.19. The molecule has 0 aliphatic heterocycles. The van der Waals surface area contributed by atoms with Crippen LogP contribution >= 0.6 is 34.2 Å². The van der Waals surface area contributed by atoms with Crippen molar-refractivity contribution < 1.29 is 0 Å². The third kappa shape index (κ3) is 3.00. The van der Waals surface area contributed by atoms with E-state index in [1.807, 2.05) is 14.0 Å². The first-order valence-electron chi connectivity index (χ1n) is 6.34. The Hall–Kier alpha value is -0.630. The Morgan fingerprint density at radius 2 is 2.15 bits per heavy atom. The van der Waals surface area contributed by atoms with Gasteiger partial charge in [-0.3, -0.25) is 16.0 Å². The highest BCUT2D eigenvalue weighted by atomic mass is 127. The van der Waals surface area contributed by atoms with Gasteiger partial charge in [0.1, 0.15) is 5.15 Å². The zero-order valence-electron chi connectivity index (χ0n) is 11.7. The average Bonchev–Trinajstić information content (AvgIpc) is 2.65. The number of hydrogen-bond donors (Lipinski definition) is 2. The number of rotatable bonds is 4. The molecule has 1 atom stereocenters. The van der Waals surface area contributed by atoms with Crippen molar-refractivity contribution in [2.75, 3.05) is 0 Å². The maximum absolute atomic E-state index is 6.30. The predicted octanol–water partition coefficient (Wildman–Crippen LogP) is 3.04. The summed E-state index contributed by atoms with van der Waals surface area (Å²) in [5, 5.41) is 5.02. The van der Waals surface area contributed by atoms with E-state index in [-0.39, 0.29) is 6.04 Å². The van der Waals surface area contributed by atoms with E-state index in [1.54, 1.807) is 4.68 Å². The Kier molecular flexibility index (Phi) is 5.06. The minimum Gasteiger partial charge on any atom is -0.271 e. The molecular weight excluding hydrogens is 387 g/mol. The molecule has 1 unspecified atom stereocenters. The van der Waals surface area contributed by atoms with Gasteiger partial charge in [0, 0.05) is 16.2 Å². The molecule has 0 bridgehead atoms. The SMILES string of the molecule is Cc1cccc(C(Cc2c(C)nn(C)c2Cl)NN)c1I. The zero-order chi connectivity index (χ0) is 14.9. The lowest BCUT2D eigenvalue weighted by Gasteiger charge is -2.19. The first kappa shape index (κ1) is 15.8. The van der Waals surface area contributed by atoms with Crippen LogP contribution in [-0.2, 0) is 13.5 Å². The quantitative estimate of drug-likeness (QED) is 0.468. The molecule has 1 aromatic heterocycles. The number of halogens is 2. The van der Waals surface area contributed by atoms with Crippen LogP contribution in [0, 0.1) is 17.4 Å². The van der Waals surface area contributed by atoms with E-state index in [0.717, 1.165) is 11.3 Å². The minimum absolute atomic E-state index is 0.0159. The van der Waals surface area contributed by atoms with Gasteiger partial charge < -0.3 is 0 Å². The summed E-state index contributed by atoms with van der Waals surface area (Å²) in [6, 6.07) is 6.26. The third-order valence-corrected chi connectivity index (χ3v) is 5.42. The molecule has 0 aliphatic carbocycles. The van der Waals surface area contributed by atoms with E-state index in [9.17, 15) is 0 Å². The van der Waals surface area contributed by atoms with Crippen LogP contribution in [0.2, 0.25) is 5.15 Å². The van der Waals surface area contributed by atoms with Crippen molar-refractivity contribution in [3.63, 3.8) is 0 Å². The molecule has 1 heterocycles. The van der Waals surface area contributed by atoms with Crippen molar-refractivity contribution in [3.8, 4) is 0 Å². The number of aryl methyl sites for hydroxylation is 3. The van der Waals surface area contributed by atoms with Gasteiger partial charge in [-0.05, 0) is 54.0 Å². The summed E-state index contributed by atoms with van der Waals surface area (Å²) in [4.78, 5) is 0. The number of benzene rings is 1. The van der Waals surface area contributed by atoms with Crippen LogP contribution < -0.4 is 11.3 Å². The lowest BCUT2D eigenvalue weighted by atomic mass is 9.98. The summed E-state index contributed by atoms with van der Waals surface area (Å²) in [5.41, 5.74) is 7.31. The molecule has 2 aromatic rings. The number of hydrogen-bond acceptors (Lipinski definition) is 3. The monoisotopic (exact) mass is 404 g/mol. The lowest BCUT2D eigenvalue weighted by molar-refractivity contribution is 0.548. The predicted molar refractivity (Wildman–Crippen MR) is 90.6 cm³/mol. The number of nitrogens with one attached hydrogen (secondary N) is 1. The van der Waals surface area contributed by atoms with E-state index in [2.05, 4.69) is 58.2 Å². The summed E-state index contributed by atoms with van der Waals surface area (Å²) in [6.07, 6.45) is 0.717. The van der Waals surface area contributed by atoms with Crippen molar-refractivity contribution in [2.45, 2.75) is 26.3 Å². The highest BCUT2D eigenvalue weighted by Crippen LogP contribution is 2.28. The number of nitrogens with zero attached hydrogens (tertiary/aromatic N) is 2.